The van der Waals surface area contributed by atoms with Crippen molar-refractivity contribution < 1.29 is 4.79 Å². The molecule has 1 aliphatic rings. The van der Waals surface area contributed by atoms with Crippen molar-refractivity contribution in [2.24, 2.45) is 5.92 Å². The number of anilines is 1. The summed E-state index contributed by atoms with van der Waals surface area (Å²) in [5.74, 6) is 1.55. The third kappa shape index (κ3) is 3.69. The monoisotopic (exact) mass is 261 g/mol. The molecule has 0 radical (unpaired) electrons. The number of amides is 1. The van der Waals surface area contributed by atoms with E-state index in [0.717, 1.165) is 30.3 Å². The molecule has 1 saturated carbocycles. The number of aromatic nitrogens is 1. The number of pyridine rings is 1. The van der Waals surface area contributed by atoms with Crippen molar-refractivity contribution >= 4 is 11.7 Å². The average Bonchev–Trinajstić information content (AvgIpc) is 2.40. The molecule has 2 rings (SSSR count). The predicted octanol–water partition coefficient (Wildman–Crippen LogP) is 2.74. The van der Waals surface area contributed by atoms with Gasteiger partial charge in [-0.1, -0.05) is 6.92 Å². The topological polar surface area (TPSA) is 54.0 Å². The van der Waals surface area contributed by atoms with Crippen molar-refractivity contribution in [3.05, 3.63) is 23.4 Å². The van der Waals surface area contributed by atoms with Gasteiger partial charge in [-0.2, -0.15) is 0 Å². The highest BCUT2D eigenvalue weighted by Crippen LogP contribution is 2.23. The van der Waals surface area contributed by atoms with E-state index in [2.05, 4.69) is 22.5 Å². The van der Waals surface area contributed by atoms with Crippen molar-refractivity contribution in [2.45, 2.75) is 45.6 Å². The molecule has 1 aromatic rings. The molecule has 1 amide bonds. The zero-order valence-electron chi connectivity index (χ0n) is 12.0. The molecule has 0 atom stereocenters. The van der Waals surface area contributed by atoms with Crippen LogP contribution in [0.4, 0.5) is 5.82 Å². The number of rotatable bonds is 3. The van der Waals surface area contributed by atoms with Gasteiger partial charge < -0.3 is 10.6 Å². The normalized spacial score (nSPS) is 22.9. The highest BCUT2D eigenvalue weighted by molar-refractivity contribution is 5.95. The van der Waals surface area contributed by atoms with Crippen molar-refractivity contribution in [1.29, 1.82) is 0 Å². The molecule has 104 valence electrons. The minimum absolute atomic E-state index is 0.0153. The Morgan fingerprint density at radius 1 is 1.26 bits per heavy atom. The van der Waals surface area contributed by atoms with Gasteiger partial charge in [-0.05, 0) is 50.7 Å². The second-order valence-electron chi connectivity index (χ2n) is 5.56. The van der Waals surface area contributed by atoms with Gasteiger partial charge in [0.25, 0.3) is 5.91 Å². The first-order chi connectivity index (χ1) is 9.08. The van der Waals surface area contributed by atoms with Crippen LogP contribution in [0.15, 0.2) is 12.1 Å². The largest absolute Gasteiger partial charge is 0.373 e. The van der Waals surface area contributed by atoms with Gasteiger partial charge in [-0.15, -0.1) is 0 Å². The van der Waals surface area contributed by atoms with Crippen LogP contribution in [0.5, 0.6) is 0 Å². The molecule has 19 heavy (non-hydrogen) atoms. The molecule has 0 saturated heterocycles. The summed E-state index contributed by atoms with van der Waals surface area (Å²) in [6, 6.07) is 3.96. The van der Waals surface area contributed by atoms with Gasteiger partial charge >= 0.3 is 0 Å². The summed E-state index contributed by atoms with van der Waals surface area (Å²) >= 11 is 0. The van der Waals surface area contributed by atoms with E-state index in [0.29, 0.717) is 11.6 Å². The summed E-state index contributed by atoms with van der Waals surface area (Å²) < 4.78 is 0. The van der Waals surface area contributed by atoms with Gasteiger partial charge in [0.05, 0.1) is 0 Å². The van der Waals surface area contributed by atoms with Crippen LogP contribution in [0, 0.1) is 12.8 Å². The quantitative estimate of drug-likeness (QED) is 0.879. The number of hydrogen-bond donors (Lipinski definition) is 2. The van der Waals surface area contributed by atoms with E-state index in [1.807, 2.05) is 20.0 Å². The zero-order chi connectivity index (χ0) is 13.8. The molecule has 0 bridgehead atoms. The van der Waals surface area contributed by atoms with Crippen molar-refractivity contribution in [2.75, 3.05) is 12.4 Å². The first kappa shape index (κ1) is 13.8. The van der Waals surface area contributed by atoms with Crippen molar-refractivity contribution in [1.82, 2.24) is 10.3 Å². The van der Waals surface area contributed by atoms with Crippen LogP contribution in [0.2, 0.25) is 0 Å². The lowest BCUT2D eigenvalue weighted by Crippen LogP contribution is -2.37. The van der Waals surface area contributed by atoms with Crippen LogP contribution in [0.3, 0.4) is 0 Å². The maximum absolute atomic E-state index is 12.2. The Morgan fingerprint density at radius 2 is 1.95 bits per heavy atom. The van der Waals surface area contributed by atoms with Gasteiger partial charge in [0.2, 0.25) is 0 Å². The molecule has 1 fully saturated rings. The number of aryl methyl sites for hydroxylation is 1. The highest BCUT2D eigenvalue weighted by atomic mass is 16.1. The Hall–Kier alpha value is -1.58. The van der Waals surface area contributed by atoms with E-state index in [1.54, 1.807) is 6.07 Å². The maximum Gasteiger partial charge on any atom is 0.251 e. The molecule has 1 aromatic heterocycles. The Labute approximate surface area is 115 Å². The molecule has 1 aliphatic carbocycles. The number of nitrogens with one attached hydrogen (secondary N) is 2. The first-order valence-electron chi connectivity index (χ1n) is 7.06. The van der Waals surface area contributed by atoms with Crippen LogP contribution < -0.4 is 10.6 Å². The third-order valence-electron chi connectivity index (χ3n) is 3.82. The van der Waals surface area contributed by atoms with Gasteiger partial charge in [-0.25, -0.2) is 4.98 Å². The molecule has 4 heteroatoms. The first-order valence-corrected chi connectivity index (χ1v) is 7.06. The minimum Gasteiger partial charge on any atom is -0.373 e. The number of carbonyl (C=O) groups is 1. The van der Waals surface area contributed by atoms with Gasteiger partial charge in [-0.3, -0.25) is 4.79 Å². The summed E-state index contributed by atoms with van der Waals surface area (Å²) in [4.78, 5) is 16.5. The lowest BCUT2D eigenvalue weighted by atomic mass is 9.87. The molecule has 0 spiro atoms. The summed E-state index contributed by atoms with van der Waals surface area (Å²) in [5.41, 5.74) is 1.55. The molecule has 4 nitrogen and oxygen atoms in total. The minimum atomic E-state index is 0.0153. The lowest BCUT2D eigenvalue weighted by Gasteiger charge is -2.27. The summed E-state index contributed by atoms with van der Waals surface area (Å²) in [7, 11) is 1.81. The molecule has 1 heterocycles. The fraction of sp³-hybridized carbons (Fsp3) is 0.600. The van der Waals surface area contributed by atoms with E-state index in [9.17, 15) is 4.79 Å². The number of nitrogens with zero attached hydrogens (tertiary/aromatic N) is 1. The van der Waals surface area contributed by atoms with Crippen LogP contribution in [-0.2, 0) is 0 Å². The fourth-order valence-electron chi connectivity index (χ4n) is 2.60. The summed E-state index contributed by atoms with van der Waals surface area (Å²) in [5, 5.41) is 6.12. The lowest BCUT2D eigenvalue weighted by molar-refractivity contribution is 0.0923. The second kappa shape index (κ2) is 6.04. The van der Waals surface area contributed by atoms with E-state index in [4.69, 9.17) is 0 Å². The Balaban J connectivity index is 2.01. The molecule has 2 N–H and O–H groups in total. The van der Waals surface area contributed by atoms with E-state index in [1.165, 1.54) is 12.8 Å². The zero-order valence-corrected chi connectivity index (χ0v) is 12.0. The molecule has 0 unspecified atom stereocenters. The molecular weight excluding hydrogens is 238 g/mol. The number of carbonyl (C=O) groups excluding carboxylic acids is 1. The Bertz CT molecular complexity index is 451. The van der Waals surface area contributed by atoms with Crippen LogP contribution in [0.25, 0.3) is 0 Å². The van der Waals surface area contributed by atoms with Gasteiger partial charge in [0.1, 0.15) is 5.82 Å². The fourth-order valence-corrected chi connectivity index (χ4v) is 2.60. The van der Waals surface area contributed by atoms with E-state index in [-0.39, 0.29) is 5.91 Å². The van der Waals surface area contributed by atoms with E-state index >= 15 is 0 Å². The highest BCUT2D eigenvalue weighted by Gasteiger charge is 2.20. The van der Waals surface area contributed by atoms with Crippen LogP contribution >= 0.6 is 0 Å². The summed E-state index contributed by atoms with van der Waals surface area (Å²) in [6.45, 7) is 4.18. The predicted molar refractivity (Wildman–Crippen MR) is 77.4 cm³/mol. The average molecular weight is 261 g/mol. The second-order valence-corrected chi connectivity index (χ2v) is 5.56. The van der Waals surface area contributed by atoms with Crippen LogP contribution in [0.1, 0.15) is 48.7 Å². The van der Waals surface area contributed by atoms with Crippen molar-refractivity contribution in [3.8, 4) is 0 Å². The Morgan fingerprint density at radius 3 is 2.58 bits per heavy atom. The standard InChI is InChI=1S/C15H23N3O/c1-10-4-6-13(7-5-10)18-15(19)12-8-11(2)17-14(9-12)16-3/h8-10,13H,4-7H2,1-3H3,(H,16,17)(H,18,19). The molecular formula is C15H23N3O. The van der Waals surface area contributed by atoms with Gasteiger partial charge in [0.15, 0.2) is 0 Å². The Kier molecular flexibility index (Phi) is 4.40. The van der Waals surface area contributed by atoms with Crippen molar-refractivity contribution in [3.63, 3.8) is 0 Å². The SMILES string of the molecule is CNc1cc(C(=O)NC2CCC(C)CC2)cc(C)n1. The van der Waals surface area contributed by atoms with E-state index < -0.39 is 0 Å². The number of hydrogen-bond acceptors (Lipinski definition) is 3. The summed E-state index contributed by atoms with van der Waals surface area (Å²) in [6.07, 6.45) is 4.61. The molecule has 0 aromatic carbocycles. The molecule has 0 aliphatic heterocycles. The maximum atomic E-state index is 12.2. The third-order valence-corrected chi connectivity index (χ3v) is 3.82. The van der Waals surface area contributed by atoms with Gasteiger partial charge in [0, 0.05) is 24.3 Å². The van der Waals surface area contributed by atoms with Crippen LogP contribution in [-0.4, -0.2) is 24.0 Å². The smallest absolute Gasteiger partial charge is 0.251 e.